The van der Waals surface area contributed by atoms with Gasteiger partial charge in [0.15, 0.2) is 0 Å². The lowest BCUT2D eigenvalue weighted by molar-refractivity contribution is -0.127. The van der Waals surface area contributed by atoms with Gasteiger partial charge in [-0.05, 0) is 42.0 Å². The van der Waals surface area contributed by atoms with Gasteiger partial charge in [0.1, 0.15) is 12.4 Å². The van der Waals surface area contributed by atoms with Gasteiger partial charge >= 0.3 is 0 Å². The smallest absolute Gasteiger partial charge is 0.225 e. The number of nitrogens with one attached hydrogen (secondary N) is 3. The summed E-state index contributed by atoms with van der Waals surface area (Å²) >= 11 is 0. The molecule has 2 aromatic rings. The molecule has 1 aliphatic carbocycles. The first-order valence-electron chi connectivity index (χ1n) is 9.73. The maximum absolute atomic E-state index is 12.7. The fourth-order valence-corrected chi connectivity index (χ4v) is 4.15. The molecular formula is C21H27N3O3. The minimum atomic E-state index is 0.0542. The lowest BCUT2D eigenvalue weighted by atomic mass is 9.77. The molecule has 1 aromatic heterocycles. The maximum atomic E-state index is 12.7. The number of carbonyl (C=O) groups excluding carboxylic acids is 1. The van der Waals surface area contributed by atoms with Gasteiger partial charge in [-0.2, -0.15) is 0 Å². The summed E-state index contributed by atoms with van der Waals surface area (Å²) in [5.41, 5.74) is 8.69. The van der Waals surface area contributed by atoms with Crippen molar-refractivity contribution in [2.24, 2.45) is 11.8 Å². The normalized spacial score (nSPS) is 24.5. The Morgan fingerprint density at radius 3 is 3.00 bits per heavy atom. The van der Waals surface area contributed by atoms with Crippen molar-refractivity contribution in [3.05, 3.63) is 59.5 Å². The third-order valence-electron chi connectivity index (χ3n) is 5.55. The first-order valence-corrected chi connectivity index (χ1v) is 9.73. The summed E-state index contributed by atoms with van der Waals surface area (Å²) in [6.07, 6.45) is 4.94. The van der Waals surface area contributed by atoms with Gasteiger partial charge < -0.3 is 14.5 Å². The molecule has 1 saturated carbocycles. The van der Waals surface area contributed by atoms with Crippen LogP contribution >= 0.6 is 0 Å². The van der Waals surface area contributed by atoms with Gasteiger partial charge in [0, 0.05) is 19.1 Å². The third kappa shape index (κ3) is 4.58. The number of benzene rings is 1. The van der Waals surface area contributed by atoms with Gasteiger partial charge in [0.25, 0.3) is 0 Å². The Hall–Kier alpha value is -2.15. The molecule has 1 aliphatic heterocycles. The van der Waals surface area contributed by atoms with Gasteiger partial charge in [0.05, 0.1) is 18.8 Å². The lowest BCUT2D eigenvalue weighted by Crippen LogP contribution is -2.47. The standard InChI is InChI=1S/C21H27N3O3/c25-21(19-8-2-6-17-12-23-24-20(17)19)22-11-15-4-1-5-16(10-15)13-26-14-18-7-3-9-27-18/h1,3-5,7,9-10,17,19-20,23-24H,2,6,8,11-14H2,(H,22,25). The predicted molar refractivity (Wildman–Crippen MR) is 101 cm³/mol. The Morgan fingerprint density at radius 1 is 1.19 bits per heavy atom. The number of carbonyl (C=O) groups is 1. The average molecular weight is 369 g/mol. The van der Waals surface area contributed by atoms with Crippen LogP contribution in [-0.4, -0.2) is 18.5 Å². The van der Waals surface area contributed by atoms with Crippen LogP contribution in [0.1, 0.15) is 36.1 Å². The van der Waals surface area contributed by atoms with Crippen LogP contribution in [0.5, 0.6) is 0 Å². The van der Waals surface area contributed by atoms with E-state index < -0.39 is 0 Å². The highest BCUT2D eigenvalue weighted by molar-refractivity contribution is 5.79. The summed E-state index contributed by atoms with van der Waals surface area (Å²) in [5.74, 6) is 1.60. The van der Waals surface area contributed by atoms with Crippen molar-refractivity contribution in [3.8, 4) is 0 Å². The van der Waals surface area contributed by atoms with Crippen LogP contribution in [0.3, 0.4) is 0 Å². The van der Waals surface area contributed by atoms with Crippen molar-refractivity contribution in [2.45, 2.75) is 45.1 Å². The Labute approximate surface area is 159 Å². The maximum Gasteiger partial charge on any atom is 0.225 e. The Morgan fingerprint density at radius 2 is 2.11 bits per heavy atom. The predicted octanol–water partition coefficient (Wildman–Crippen LogP) is 2.51. The molecule has 2 heterocycles. The van der Waals surface area contributed by atoms with E-state index in [2.05, 4.69) is 22.2 Å². The van der Waals surface area contributed by atoms with Crippen LogP contribution in [0.4, 0.5) is 0 Å². The molecule has 3 atom stereocenters. The molecule has 3 unspecified atom stereocenters. The fourth-order valence-electron chi connectivity index (χ4n) is 4.15. The number of amides is 1. The van der Waals surface area contributed by atoms with Crippen molar-refractivity contribution < 1.29 is 13.9 Å². The van der Waals surface area contributed by atoms with E-state index in [1.807, 2.05) is 30.3 Å². The van der Waals surface area contributed by atoms with E-state index in [-0.39, 0.29) is 17.9 Å². The molecule has 1 amide bonds. The molecule has 0 radical (unpaired) electrons. The second kappa shape index (κ2) is 8.69. The molecule has 2 aliphatic rings. The molecule has 4 rings (SSSR count). The van der Waals surface area contributed by atoms with Crippen LogP contribution < -0.4 is 16.2 Å². The zero-order valence-corrected chi connectivity index (χ0v) is 15.4. The van der Waals surface area contributed by atoms with E-state index in [9.17, 15) is 4.79 Å². The highest BCUT2D eigenvalue weighted by atomic mass is 16.5. The first kappa shape index (κ1) is 18.2. The number of hydrogen-bond acceptors (Lipinski definition) is 5. The number of hydrogen-bond donors (Lipinski definition) is 3. The largest absolute Gasteiger partial charge is 0.467 e. The number of hydrazine groups is 1. The Kier molecular flexibility index (Phi) is 5.87. The zero-order valence-electron chi connectivity index (χ0n) is 15.4. The van der Waals surface area contributed by atoms with Crippen LogP contribution in [0.15, 0.2) is 47.1 Å². The molecule has 0 bridgehead atoms. The molecule has 6 heteroatoms. The molecule has 6 nitrogen and oxygen atoms in total. The molecule has 144 valence electrons. The van der Waals surface area contributed by atoms with Crippen LogP contribution in [0.2, 0.25) is 0 Å². The monoisotopic (exact) mass is 369 g/mol. The average Bonchev–Trinajstić information content (AvgIpc) is 3.38. The highest BCUT2D eigenvalue weighted by Crippen LogP contribution is 2.31. The third-order valence-corrected chi connectivity index (χ3v) is 5.55. The van der Waals surface area contributed by atoms with E-state index in [4.69, 9.17) is 9.15 Å². The van der Waals surface area contributed by atoms with Crippen molar-refractivity contribution in [1.29, 1.82) is 0 Å². The molecule has 3 N–H and O–H groups in total. The molecule has 1 saturated heterocycles. The second-order valence-corrected chi connectivity index (χ2v) is 7.46. The van der Waals surface area contributed by atoms with Gasteiger partial charge in [-0.3, -0.25) is 15.6 Å². The summed E-state index contributed by atoms with van der Waals surface area (Å²) in [6, 6.07) is 12.2. The minimum Gasteiger partial charge on any atom is -0.467 e. The van der Waals surface area contributed by atoms with Gasteiger partial charge in [-0.25, -0.2) is 0 Å². The van der Waals surface area contributed by atoms with E-state index in [0.29, 0.717) is 25.7 Å². The van der Waals surface area contributed by atoms with E-state index in [0.717, 1.165) is 36.3 Å². The van der Waals surface area contributed by atoms with Crippen LogP contribution in [0, 0.1) is 11.8 Å². The zero-order chi connectivity index (χ0) is 18.5. The van der Waals surface area contributed by atoms with Crippen molar-refractivity contribution in [2.75, 3.05) is 6.54 Å². The van der Waals surface area contributed by atoms with E-state index >= 15 is 0 Å². The Balaban J connectivity index is 1.27. The summed E-state index contributed by atoms with van der Waals surface area (Å²) < 4.78 is 11.0. The molecule has 0 spiro atoms. The quantitative estimate of drug-likeness (QED) is 0.699. The van der Waals surface area contributed by atoms with E-state index in [1.165, 1.54) is 6.42 Å². The van der Waals surface area contributed by atoms with Crippen molar-refractivity contribution in [3.63, 3.8) is 0 Å². The molecule has 27 heavy (non-hydrogen) atoms. The minimum absolute atomic E-state index is 0.0542. The van der Waals surface area contributed by atoms with Crippen molar-refractivity contribution >= 4 is 5.91 Å². The topological polar surface area (TPSA) is 75.5 Å². The highest BCUT2D eigenvalue weighted by Gasteiger charge is 2.39. The fraction of sp³-hybridized carbons (Fsp3) is 0.476. The molecule has 1 aromatic carbocycles. The summed E-state index contributed by atoms with van der Waals surface area (Å²) in [4.78, 5) is 12.7. The second-order valence-electron chi connectivity index (χ2n) is 7.46. The summed E-state index contributed by atoms with van der Waals surface area (Å²) in [7, 11) is 0. The lowest BCUT2D eigenvalue weighted by Gasteiger charge is -2.31. The molecule has 2 fully saturated rings. The van der Waals surface area contributed by atoms with Gasteiger partial charge in [-0.1, -0.05) is 30.7 Å². The summed E-state index contributed by atoms with van der Waals surface area (Å²) in [5, 5.41) is 3.12. The van der Waals surface area contributed by atoms with Gasteiger partial charge in [0.2, 0.25) is 5.91 Å². The van der Waals surface area contributed by atoms with Gasteiger partial charge in [-0.15, -0.1) is 0 Å². The number of fused-ring (bicyclic) bond motifs is 1. The Bertz CT molecular complexity index is 747. The van der Waals surface area contributed by atoms with Crippen LogP contribution in [0.25, 0.3) is 0 Å². The number of furan rings is 1. The summed E-state index contributed by atoms with van der Waals surface area (Å²) in [6.45, 7) is 2.49. The van der Waals surface area contributed by atoms with Crippen molar-refractivity contribution in [1.82, 2.24) is 16.2 Å². The first-order chi connectivity index (χ1) is 13.3. The molecular weight excluding hydrogens is 342 g/mol. The number of ether oxygens (including phenoxy) is 1. The SMILES string of the molecule is O=C(NCc1cccc(COCc2ccco2)c1)C1CCCC2CNNC21. The van der Waals surface area contributed by atoms with E-state index in [1.54, 1.807) is 6.26 Å². The number of rotatable bonds is 7. The van der Waals surface area contributed by atoms with Crippen LogP contribution in [-0.2, 0) is 29.3 Å².